The highest BCUT2D eigenvalue weighted by molar-refractivity contribution is 6.01. The van der Waals surface area contributed by atoms with Crippen molar-refractivity contribution in [3.05, 3.63) is 65.4 Å². The molecule has 0 aliphatic carbocycles. The van der Waals surface area contributed by atoms with Crippen LogP contribution in [0.5, 0.6) is 0 Å². The molecule has 0 aliphatic rings. The number of benzene rings is 2. The van der Waals surface area contributed by atoms with Gasteiger partial charge in [-0.05, 0) is 49.6 Å². The maximum Gasteiger partial charge on any atom is 0.270 e. The Balaban J connectivity index is 1.76. The van der Waals surface area contributed by atoms with Crippen LogP contribution in [0.1, 0.15) is 35.0 Å². The molecular weight excluding hydrogens is 338 g/mol. The number of aryl methyl sites for hydroxylation is 2. The van der Waals surface area contributed by atoms with E-state index in [1.165, 1.54) is 0 Å². The van der Waals surface area contributed by atoms with E-state index in [2.05, 4.69) is 10.3 Å². The molecule has 0 atom stereocenters. The fourth-order valence-electron chi connectivity index (χ4n) is 3.13. The van der Waals surface area contributed by atoms with Crippen LogP contribution in [0.2, 0.25) is 0 Å². The smallest absolute Gasteiger partial charge is 0.270 e. The molecule has 3 aromatic rings. The normalized spacial score (nSPS) is 10.8. The van der Waals surface area contributed by atoms with E-state index in [-0.39, 0.29) is 18.4 Å². The summed E-state index contributed by atoms with van der Waals surface area (Å²) in [4.78, 5) is 30.2. The highest BCUT2D eigenvalue weighted by Crippen LogP contribution is 2.18. The lowest BCUT2D eigenvalue weighted by Crippen LogP contribution is -2.38. The Hall–Kier alpha value is -3.08. The van der Waals surface area contributed by atoms with Crippen molar-refractivity contribution in [1.82, 2.24) is 9.88 Å². The molecule has 5 nitrogen and oxygen atoms in total. The molecule has 0 unspecified atom stereocenters. The van der Waals surface area contributed by atoms with E-state index >= 15 is 0 Å². The number of aromatic amines is 1. The van der Waals surface area contributed by atoms with Crippen LogP contribution in [0.15, 0.2) is 48.5 Å². The number of amides is 2. The van der Waals surface area contributed by atoms with Gasteiger partial charge in [0.25, 0.3) is 5.91 Å². The van der Waals surface area contributed by atoms with E-state index in [0.29, 0.717) is 12.2 Å². The molecule has 2 amide bonds. The standard InChI is InChI=1S/C22H25N3O2/c1-4-11-25(14-21(26)24-18-8-6-5-7-16(18)3)22(27)20-13-17-10-9-15(2)12-19(17)23-20/h5-10,12-13,23H,4,11,14H2,1-3H3,(H,24,26). The van der Waals surface area contributed by atoms with Gasteiger partial charge in [0.2, 0.25) is 5.91 Å². The highest BCUT2D eigenvalue weighted by Gasteiger charge is 2.20. The zero-order chi connectivity index (χ0) is 19.4. The van der Waals surface area contributed by atoms with E-state index in [0.717, 1.165) is 34.1 Å². The minimum Gasteiger partial charge on any atom is -0.351 e. The second-order valence-electron chi connectivity index (χ2n) is 6.86. The maximum atomic E-state index is 13.0. The van der Waals surface area contributed by atoms with Crippen LogP contribution in [0, 0.1) is 13.8 Å². The minimum absolute atomic E-state index is 0.0232. The van der Waals surface area contributed by atoms with Crippen LogP contribution in [0.4, 0.5) is 5.69 Å². The van der Waals surface area contributed by atoms with Crippen LogP contribution < -0.4 is 5.32 Å². The Kier molecular flexibility index (Phi) is 5.60. The lowest BCUT2D eigenvalue weighted by molar-refractivity contribution is -0.116. The van der Waals surface area contributed by atoms with E-state index < -0.39 is 0 Å². The number of hydrogen-bond donors (Lipinski definition) is 2. The van der Waals surface area contributed by atoms with Crippen molar-refractivity contribution in [2.45, 2.75) is 27.2 Å². The number of anilines is 1. The number of fused-ring (bicyclic) bond motifs is 1. The SMILES string of the molecule is CCCN(CC(=O)Nc1ccccc1C)C(=O)c1cc2ccc(C)cc2[nH]1. The third-order valence-corrected chi connectivity index (χ3v) is 4.54. The fourth-order valence-corrected chi connectivity index (χ4v) is 3.13. The number of aromatic nitrogens is 1. The van der Waals surface area contributed by atoms with Crippen LogP contribution in [0.3, 0.4) is 0 Å². The number of H-pyrrole nitrogens is 1. The van der Waals surface area contributed by atoms with Crippen LogP contribution in [-0.4, -0.2) is 34.8 Å². The third-order valence-electron chi connectivity index (χ3n) is 4.54. The quantitative estimate of drug-likeness (QED) is 0.687. The molecule has 140 valence electrons. The van der Waals surface area contributed by atoms with Gasteiger partial charge in [-0.15, -0.1) is 0 Å². The van der Waals surface area contributed by atoms with Crippen molar-refractivity contribution in [2.75, 3.05) is 18.4 Å². The zero-order valence-corrected chi connectivity index (χ0v) is 16.0. The summed E-state index contributed by atoms with van der Waals surface area (Å²) in [6.45, 7) is 6.50. The molecular formula is C22H25N3O2. The van der Waals surface area contributed by atoms with E-state index in [1.54, 1.807) is 4.90 Å². The Morgan fingerprint density at radius 1 is 1.07 bits per heavy atom. The summed E-state index contributed by atoms with van der Waals surface area (Å²) in [5, 5.41) is 3.89. The fraction of sp³-hybridized carbons (Fsp3) is 0.273. The van der Waals surface area contributed by atoms with Crippen LogP contribution in [-0.2, 0) is 4.79 Å². The monoisotopic (exact) mass is 363 g/mol. The number of hydrogen-bond acceptors (Lipinski definition) is 2. The topological polar surface area (TPSA) is 65.2 Å². The van der Waals surface area contributed by atoms with Gasteiger partial charge in [-0.3, -0.25) is 9.59 Å². The summed E-state index contributed by atoms with van der Waals surface area (Å²) in [5.41, 5.74) is 4.33. The van der Waals surface area contributed by atoms with E-state index in [1.807, 2.05) is 69.3 Å². The summed E-state index contributed by atoms with van der Waals surface area (Å²) in [7, 11) is 0. The van der Waals surface area contributed by atoms with Gasteiger partial charge in [0, 0.05) is 23.1 Å². The average Bonchev–Trinajstić information content (AvgIpc) is 3.05. The number of nitrogens with zero attached hydrogens (tertiary/aromatic N) is 1. The predicted octanol–water partition coefficient (Wildman–Crippen LogP) is 4.28. The Bertz CT molecular complexity index is 975. The molecule has 2 N–H and O–H groups in total. The average molecular weight is 363 g/mol. The number of nitrogens with one attached hydrogen (secondary N) is 2. The zero-order valence-electron chi connectivity index (χ0n) is 16.0. The second kappa shape index (κ2) is 8.08. The molecule has 0 aliphatic heterocycles. The van der Waals surface area contributed by atoms with Crippen molar-refractivity contribution < 1.29 is 9.59 Å². The van der Waals surface area contributed by atoms with Crippen molar-refractivity contribution in [3.63, 3.8) is 0 Å². The van der Waals surface area contributed by atoms with Gasteiger partial charge in [0.15, 0.2) is 0 Å². The molecule has 1 aromatic heterocycles. The van der Waals surface area contributed by atoms with Crippen LogP contribution in [0.25, 0.3) is 10.9 Å². The van der Waals surface area contributed by atoms with E-state index in [9.17, 15) is 9.59 Å². The number of para-hydroxylation sites is 1. The molecule has 0 saturated carbocycles. The van der Waals surface area contributed by atoms with Gasteiger partial charge in [-0.1, -0.05) is 37.3 Å². The maximum absolute atomic E-state index is 13.0. The van der Waals surface area contributed by atoms with Crippen molar-refractivity contribution in [1.29, 1.82) is 0 Å². The van der Waals surface area contributed by atoms with Gasteiger partial charge in [0.1, 0.15) is 12.2 Å². The molecule has 0 bridgehead atoms. The Labute approximate surface area is 159 Å². The number of rotatable bonds is 6. The molecule has 0 saturated heterocycles. The highest BCUT2D eigenvalue weighted by atomic mass is 16.2. The minimum atomic E-state index is -0.196. The van der Waals surface area contributed by atoms with Gasteiger partial charge >= 0.3 is 0 Å². The lowest BCUT2D eigenvalue weighted by atomic mass is 10.2. The number of carbonyl (C=O) groups excluding carboxylic acids is 2. The molecule has 27 heavy (non-hydrogen) atoms. The number of carbonyl (C=O) groups is 2. The summed E-state index contributed by atoms with van der Waals surface area (Å²) < 4.78 is 0. The second-order valence-corrected chi connectivity index (χ2v) is 6.86. The van der Waals surface area contributed by atoms with Gasteiger partial charge in [-0.2, -0.15) is 0 Å². The van der Waals surface area contributed by atoms with Gasteiger partial charge in [-0.25, -0.2) is 0 Å². The first-order chi connectivity index (χ1) is 13.0. The third kappa shape index (κ3) is 4.37. The Morgan fingerprint density at radius 3 is 2.59 bits per heavy atom. The lowest BCUT2D eigenvalue weighted by Gasteiger charge is -2.21. The molecule has 3 rings (SSSR count). The summed E-state index contributed by atoms with van der Waals surface area (Å²) in [6, 6.07) is 15.5. The largest absolute Gasteiger partial charge is 0.351 e. The summed E-state index contributed by atoms with van der Waals surface area (Å²) in [5.74, 6) is -0.358. The first-order valence-electron chi connectivity index (χ1n) is 9.22. The van der Waals surface area contributed by atoms with Crippen LogP contribution >= 0.6 is 0 Å². The van der Waals surface area contributed by atoms with Gasteiger partial charge < -0.3 is 15.2 Å². The van der Waals surface area contributed by atoms with Crippen molar-refractivity contribution in [2.24, 2.45) is 0 Å². The molecule has 1 heterocycles. The predicted molar refractivity (Wildman–Crippen MR) is 109 cm³/mol. The molecule has 2 aromatic carbocycles. The summed E-state index contributed by atoms with van der Waals surface area (Å²) >= 11 is 0. The first-order valence-corrected chi connectivity index (χ1v) is 9.22. The van der Waals surface area contributed by atoms with Crippen molar-refractivity contribution >= 4 is 28.4 Å². The Morgan fingerprint density at radius 2 is 1.85 bits per heavy atom. The van der Waals surface area contributed by atoms with Gasteiger partial charge in [0.05, 0.1) is 0 Å². The van der Waals surface area contributed by atoms with Crippen molar-refractivity contribution in [3.8, 4) is 0 Å². The molecule has 0 fully saturated rings. The first kappa shape index (κ1) is 18.7. The van der Waals surface area contributed by atoms with E-state index in [4.69, 9.17) is 0 Å². The molecule has 0 radical (unpaired) electrons. The molecule has 5 heteroatoms. The summed E-state index contributed by atoms with van der Waals surface area (Å²) in [6.07, 6.45) is 0.780. The molecule has 0 spiro atoms.